The van der Waals surface area contributed by atoms with Crippen LogP contribution in [0.2, 0.25) is 0 Å². The van der Waals surface area contributed by atoms with E-state index in [0.29, 0.717) is 22.3 Å². The molecule has 1 aliphatic heterocycles. The van der Waals surface area contributed by atoms with Gasteiger partial charge in [-0.2, -0.15) is 0 Å². The van der Waals surface area contributed by atoms with Crippen LogP contribution in [0, 0.1) is 4.77 Å². The van der Waals surface area contributed by atoms with Crippen molar-refractivity contribution < 1.29 is 9.80 Å². The molecule has 0 bridgehead atoms. The number of pyridine rings is 1. The average Bonchev–Trinajstić information content (AvgIpc) is 2.55. The number of piperazine rings is 1. The molecule has 0 saturated carbocycles. The first-order valence-corrected chi connectivity index (χ1v) is 8.35. The van der Waals surface area contributed by atoms with Crippen LogP contribution in [-0.2, 0) is 6.54 Å². The smallest absolute Gasteiger partial charge is 0.264 e. The Bertz CT molecular complexity index is 760. The van der Waals surface area contributed by atoms with E-state index >= 15 is 0 Å². The minimum atomic E-state index is -0.0379. The van der Waals surface area contributed by atoms with Crippen LogP contribution in [0.3, 0.4) is 0 Å². The highest BCUT2D eigenvalue weighted by atomic mass is 32.1. The van der Waals surface area contributed by atoms with Crippen LogP contribution < -0.4 is 15.4 Å². The second-order valence-corrected chi connectivity index (χ2v) is 6.28. The molecule has 6 nitrogen and oxygen atoms in total. The van der Waals surface area contributed by atoms with Gasteiger partial charge < -0.3 is 14.8 Å². The molecular formula is C15H23N5OS+2. The molecule has 3 heterocycles. The van der Waals surface area contributed by atoms with Crippen LogP contribution in [0.1, 0.15) is 6.92 Å². The van der Waals surface area contributed by atoms with Crippen molar-refractivity contribution in [1.82, 2.24) is 14.5 Å². The van der Waals surface area contributed by atoms with Crippen LogP contribution in [0.15, 0.2) is 23.1 Å². The van der Waals surface area contributed by atoms with Gasteiger partial charge in [0.1, 0.15) is 31.8 Å². The summed E-state index contributed by atoms with van der Waals surface area (Å²) in [5.74, 6) is 0. The van der Waals surface area contributed by atoms with E-state index < -0.39 is 0 Å². The molecule has 0 aromatic carbocycles. The Morgan fingerprint density at radius 1 is 1.32 bits per heavy atom. The van der Waals surface area contributed by atoms with Gasteiger partial charge in [0, 0.05) is 6.20 Å². The van der Waals surface area contributed by atoms with Crippen LogP contribution in [-0.4, -0.2) is 53.8 Å². The summed E-state index contributed by atoms with van der Waals surface area (Å²) in [6, 6.07) is 3.58. The minimum Gasteiger partial charge on any atom is -0.326 e. The first-order valence-electron chi connectivity index (χ1n) is 7.94. The van der Waals surface area contributed by atoms with Crippen molar-refractivity contribution in [2.45, 2.75) is 13.5 Å². The van der Waals surface area contributed by atoms with E-state index in [-0.39, 0.29) is 5.56 Å². The highest BCUT2D eigenvalue weighted by Crippen LogP contribution is 2.01. The lowest BCUT2D eigenvalue weighted by Gasteiger charge is -2.29. The maximum absolute atomic E-state index is 12.5. The van der Waals surface area contributed by atoms with Crippen LogP contribution in [0.25, 0.3) is 11.0 Å². The summed E-state index contributed by atoms with van der Waals surface area (Å²) in [5, 5.41) is 0.603. The third kappa shape index (κ3) is 3.11. The van der Waals surface area contributed by atoms with Gasteiger partial charge in [0.15, 0.2) is 4.77 Å². The lowest BCUT2D eigenvalue weighted by atomic mass is 10.3. The Morgan fingerprint density at radius 3 is 2.77 bits per heavy atom. The largest absolute Gasteiger partial charge is 0.326 e. The summed E-state index contributed by atoms with van der Waals surface area (Å²) < 4.78 is 2.14. The van der Waals surface area contributed by atoms with Gasteiger partial charge in [0.05, 0.1) is 25.0 Å². The molecule has 0 aliphatic carbocycles. The van der Waals surface area contributed by atoms with E-state index in [1.807, 2.05) is 0 Å². The molecule has 7 heteroatoms. The Hall–Kier alpha value is -1.57. The Morgan fingerprint density at radius 2 is 2.05 bits per heavy atom. The highest BCUT2D eigenvalue weighted by Gasteiger charge is 2.21. The third-order valence-corrected chi connectivity index (χ3v) is 4.93. The SMILES string of the molecule is CC[NH+]1CC[NH+](CCn2c(=S)[nH]c3ncccc3c2=O)CC1. The van der Waals surface area contributed by atoms with Crippen molar-refractivity contribution in [3.05, 3.63) is 33.5 Å². The van der Waals surface area contributed by atoms with Crippen molar-refractivity contribution in [3.63, 3.8) is 0 Å². The fourth-order valence-electron chi connectivity index (χ4n) is 3.12. The summed E-state index contributed by atoms with van der Waals surface area (Å²) in [7, 11) is 0. The minimum absolute atomic E-state index is 0.0379. The number of rotatable bonds is 4. The van der Waals surface area contributed by atoms with Crippen LogP contribution in [0.5, 0.6) is 0 Å². The molecule has 0 radical (unpaired) electrons. The summed E-state index contributed by atoms with van der Waals surface area (Å²) in [4.78, 5) is 23.0. The lowest BCUT2D eigenvalue weighted by Crippen LogP contribution is -3.28. The summed E-state index contributed by atoms with van der Waals surface area (Å²) >= 11 is 5.33. The van der Waals surface area contributed by atoms with E-state index in [1.54, 1.807) is 32.7 Å². The topological polar surface area (TPSA) is 59.6 Å². The van der Waals surface area contributed by atoms with Gasteiger partial charge in [-0.05, 0) is 31.3 Å². The molecule has 0 unspecified atom stereocenters. The highest BCUT2D eigenvalue weighted by molar-refractivity contribution is 7.71. The zero-order valence-electron chi connectivity index (χ0n) is 12.9. The predicted octanol–water partition coefficient (Wildman–Crippen LogP) is -1.74. The second kappa shape index (κ2) is 6.68. The van der Waals surface area contributed by atoms with Gasteiger partial charge in [0.2, 0.25) is 0 Å². The first kappa shape index (κ1) is 15.3. The zero-order chi connectivity index (χ0) is 15.5. The normalized spacial score (nSPS) is 22.0. The second-order valence-electron chi connectivity index (χ2n) is 5.89. The Labute approximate surface area is 134 Å². The maximum atomic E-state index is 12.5. The molecule has 0 atom stereocenters. The number of nitrogens with zero attached hydrogens (tertiary/aromatic N) is 2. The summed E-state index contributed by atoms with van der Waals surface area (Å²) in [6.07, 6.45) is 1.66. The number of aromatic amines is 1. The number of hydrogen-bond acceptors (Lipinski definition) is 3. The van der Waals surface area contributed by atoms with E-state index in [1.165, 1.54) is 32.7 Å². The van der Waals surface area contributed by atoms with Crippen LogP contribution >= 0.6 is 12.2 Å². The molecule has 3 N–H and O–H groups in total. The number of hydrogen-bond donors (Lipinski definition) is 3. The van der Waals surface area contributed by atoms with E-state index in [4.69, 9.17) is 12.2 Å². The van der Waals surface area contributed by atoms with E-state index in [2.05, 4.69) is 16.9 Å². The van der Waals surface area contributed by atoms with Gasteiger partial charge in [-0.25, -0.2) is 4.98 Å². The van der Waals surface area contributed by atoms with Gasteiger partial charge >= 0.3 is 0 Å². The maximum Gasteiger partial charge on any atom is 0.264 e. The quantitative estimate of drug-likeness (QED) is 0.586. The van der Waals surface area contributed by atoms with Crippen molar-refractivity contribution in [3.8, 4) is 0 Å². The Kier molecular flexibility index (Phi) is 4.66. The molecule has 2 aromatic heterocycles. The molecule has 1 aliphatic rings. The van der Waals surface area contributed by atoms with Crippen molar-refractivity contribution >= 4 is 23.3 Å². The molecule has 1 saturated heterocycles. The Balaban J connectivity index is 1.75. The van der Waals surface area contributed by atoms with Crippen molar-refractivity contribution in [1.29, 1.82) is 0 Å². The van der Waals surface area contributed by atoms with Crippen LogP contribution in [0.4, 0.5) is 0 Å². The van der Waals surface area contributed by atoms with Gasteiger partial charge in [-0.1, -0.05) is 0 Å². The average molecular weight is 321 g/mol. The molecular weight excluding hydrogens is 298 g/mol. The number of H-pyrrole nitrogens is 1. The molecule has 1 fully saturated rings. The standard InChI is InChI=1S/C15H21N5OS/c1-2-18-6-8-19(9-7-18)10-11-20-14(21)12-4-3-5-16-13(12)17-15(20)22/h3-5H,2,6-11H2,1H3,(H,16,17,22)/p+2. The number of likely N-dealkylation sites (N-methyl/N-ethyl adjacent to an activating group) is 1. The zero-order valence-corrected chi connectivity index (χ0v) is 13.7. The van der Waals surface area contributed by atoms with Crippen molar-refractivity contribution in [2.75, 3.05) is 39.3 Å². The lowest BCUT2D eigenvalue weighted by molar-refractivity contribution is -1.01. The first-order chi connectivity index (χ1) is 10.7. The van der Waals surface area contributed by atoms with Gasteiger partial charge in [0.25, 0.3) is 5.56 Å². The summed E-state index contributed by atoms with van der Waals surface area (Å²) in [6.45, 7) is 9.82. The van der Waals surface area contributed by atoms with Gasteiger partial charge in [-0.3, -0.25) is 9.36 Å². The van der Waals surface area contributed by atoms with E-state index in [0.717, 1.165) is 6.54 Å². The number of nitrogens with one attached hydrogen (secondary N) is 3. The van der Waals surface area contributed by atoms with Gasteiger partial charge in [-0.15, -0.1) is 0 Å². The molecule has 118 valence electrons. The number of quaternary nitrogens is 2. The predicted molar refractivity (Wildman–Crippen MR) is 88.0 cm³/mol. The fraction of sp³-hybridized carbons (Fsp3) is 0.533. The molecule has 0 amide bonds. The molecule has 0 spiro atoms. The summed E-state index contributed by atoms with van der Waals surface area (Å²) in [5.41, 5.74) is 0.533. The third-order valence-electron chi connectivity index (χ3n) is 4.61. The monoisotopic (exact) mass is 321 g/mol. The molecule has 2 aromatic rings. The van der Waals surface area contributed by atoms with E-state index in [9.17, 15) is 4.79 Å². The molecule has 3 rings (SSSR count). The molecule has 22 heavy (non-hydrogen) atoms. The fourth-order valence-corrected chi connectivity index (χ4v) is 3.39. The van der Waals surface area contributed by atoms with Crippen molar-refractivity contribution in [2.24, 2.45) is 0 Å². The number of fused-ring (bicyclic) bond motifs is 1. The number of aromatic nitrogens is 3.